The Hall–Kier alpha value is -0.970. The minimum atomic E-state index is 0.263. The molecule has 0 amide bonds. The van der Waals surface area contributed by atoms with E-state index in [-0.39, 0.29) is 6.10 Å². The largest absolute Gasteiger partial charge is 0.380 e. The van der Waals surface area contributed by atoms with Gasteiger partial charge < -0.3 is 21.2 Å². The van der Waals surface area contributed by atoms with Gasteiger partial charge in [0.25, 0.3) is 0 Å². The summed E-state index contributed by atoms with van der Waals surface area (Å²) in [6, 6.07) is 0. The fourth-order valence-electron chi connectivity index (χ4n) is 1.42. The van der Waals surface area contributed by atoms with Crippen LogP contribution < -0.4 is 11.6 Å². The minimum Gasteiger partial charge on any atom is -0.380 e. The molecular formula is C7H16N4O. The van der Waals surface area contributed by atoms with E-state index < -0.39 is 0 Å². The van der Waals surface area contributed by atoms with Crippen LogP contribution in [-0.4, -0.2) is 37.2 Å². The van der Waals surface area contributed by atoms with Crippen LogP contribution in [0.2, 0.25) is 0 Å². The van der Waals surface area contributed by atoms with Crippen molar-refractivity contribution in [1.82, 2.24) is 4.90 Å². The number of hydrogen-bond acceptors (Lipinski definition) is 3. The highest BCUT2D eigenvalue weighted by molar-refractivity contribution is 5.77. The molecule has 1 aliphatic rings. The summed E-state index contributed by atoms with van der Waals surface area (Å²) < 4.78 is 5.22. The number of rotatable bonds is 1. The monoisotopic (exact) mass is 172 g/mol. The molecule has 5 heteroatoms. The Morgan fingerprint density at radius 3 is 3.00 bits per heavy atom. The molecule has 0 aromatic carbocycles. The Labute approximate surface area is 72.3 Å². The molecule has 1 rings (SSSR count). The van der Waals surface area contributed by atoms with E-state index in [9.17, 15) is 0 Å². The van der Waals surface area contributed by atoms with Crippen LogP contribution in [0.4, 0.5) is 0 Å². The third-order valence-electron chi connectivity index (χ3n) is 2.17. The third kappa shape index (κ3) is 2.01. The van der Waals surface area contributed by atoms with Crippen molar-refractivity contribution in [1.29, 1.82) is 0 Å². The third-order valence-corrected chi connectivity index (χ3v) is 2.17. The number of ether oxygens (including phenoxy) is 1. The Bertz CT molecular complexity index is 171. The maximum Gasteiger partial charge on any atom is 0.213 e. The molecule has 1 saturated heterocycles. The van der Waals surface area contributed by atoms with Crippen molar-refractivity contribution < 1.29 is 4.74 Å². The van der Waals surface area contributed by atoms with Crippen LogP contribution in [-0.2, 0) is 4.74 Å². The molecule has 1 unspecified atom stereocenters. The normalized spacial score (nSPS) is 25.9. The summed E-state index contributed by atoms with van der Waals surface area (Å²) in [7, 11) is 1.71. The number of methoxy groups -OCH3 is 1. The zero-order valence-electron chi connectivity index (χ0n) is 7.36. The summed E-state index contributed by atoms with van der Waals surface area (Å²) in [6.45, 7) is 1.72. The molecule has 1 atom stereocenters. The fraction of sp³-hybridized carbons (Fsp3) is 0.857. The first-order valence-corrected chi connectivity index (χ1v) is 4.09. The van der Waals surface area contributed by atoms with E-state index in [1.54, 1.807) is 7.11 Å². The van der Waals surface area contributed by atoms with Gasteiger partial charge in [-0.25, -0.2) is 0 Å². The molecular weight excluding hydrogens is 156 g/mol. The smallest absolute Gasteiger partial charge is 0.213 e. The Kier molecular flexibility index (Phi) is 3.16. The number of nitrogens with two attached hydrogens (primary N) is 2. The van der Waals surface area contributed by atoms with Gasteiger partial charge in [-0.05, 0) is 12.8 Å². The first-order chi connectivity index (χ1) is 5.77. The van der Waals surface area contributed by atoms with Crippen molar-refractivity contribution in [2.75, 3.05) is 20.2 Å². The zero-order chi connectivity index (χ0) is 8.97. The fourth-order valence-corrected chi connectivity index (χ4v) is 1.42. The number of guanidine groups is 1. The lowest BCUT2D eigenvalue weighted by molar-refractivity contribution is 0.0532. The van der Waals surface area contributed by atoms with Crippen molar-refractivity contribution >= 4 is 5.96 Å². The van der Waals surface area contributed by atoms with Gasteiger partial charge in [0, 0.05) is 20.2 Å². The van der Waals surface area contributed by atoms with Crippen molar-refractivity contribution in [3.63, 3.8) is 0 Å². The van der Waals surface area contributed by atoms with Gasteiger partial charge in [0.15, 0.2) is 0 Å². The molecule has 0 bridgehead atoms. The summed E-state index contributed by atoms with van der Waals surface area (Å²) in [6.07, 6.45) is 2.43. The second kappa shape index (κ2) is 4.15. The average Bonchev–Trinajstić information content (AvgIpc) is 2.17. The zero-order valence-corrected chi connectivity index (χ0v) is 7.36. The summed E-state index contributed by atoms with van der Waals surface area (Å²) in [5, 5.41) is 3.45. The molecule has 0 aliphatic carbocycles. The van der Waals surface area contributed by atoms with Gasteiger partial charge in [-0.3, -0.25) is 0 Å². The van der Waals surface area contributed by atoms with E-state index >= 15 is 0 Å². The topological polar surface area (TPSA) is 76.9 Å². The molecule has 1 heterocycles. The van der Waals surface area contributed by atoms with Crippen LogP contribution in [0.25, 0.3) is 0 Å². The standard InChI is InChI=1S/C7H16N4O/c1-12-6-3-2-4-11(5-6)7(8)10-9/h6H,2-5,9H2,1H3,(H2,8,10). The molecule has 4 N–H and O–H groups in total. The summed E-state index contributed by atoms with van der Waals surface area (Å²) in [5.41, 5.74) is 5.56. The summed E-state index contributed by atoms with van der Waals surface area (Å²) in [5.74, 6) is 5.47. The van der Waals surface area contributed by atoms with Crippen LogP contribution in [0.15, 0.2) is 5.10 Å². The molecule has 70 valence electrons. The van der Waals surface area contributed by atoms with Crippen LogP contribution in [0, 0.1) is 0 Å². The van der Waals surface area contributed by atoms with E-state index in [0.29, 0.717) is 5.96 Å². The molecule has 0 aromatic heterocycles. The van der Waals surface area contributed by atoms with Gasteiger partial charge in [-0.2, -0.15) is 0 Å². The van der Waals surface area contributed by atoms with Crippen molar-refractivity contribution in [2.24, 2.45) is 16.7 Å². The van der Waals surface area contributed by atoms with E-state index in [0.717, 1.165) is 25.9 Å². The SMILES string of the molecule is COC1CCCN(C(N)=NN)C1. The molecule has 12 heavy (non-hydrogen) atoms. The van der Waals surface area contributed by atoms with E-state index in [2.05, 4.69) is 5.10 Å². The highest BCUT2D eigenvalue weighted by Crippen LogP contribution is 2.11. The van der Waals surface area contributed by atoms with E-state index in [4.69, 9.17) is 16.3 Å². The first-order valence-electron chi connectivity index (χ1n) is 4.09. The number of hydrogen-bond donors (Lipinski definition) is 2. The van der Waals surface area contributed by atoms with Crippen LogP contribution in [0.5, 0.6) is 0 Å². The molecule has 5 nitrogen and oxygen atoms in total. The van der Waals surface area contributed by atoms with Crippen LogP contribution in [0.3, 0.4) is 0 Å². The second-order valence-corrected chi connectivity index (χ2v) is 2.93. The molecule has 0 radical (unpaired) electrons. The number of piperidine rings is 1. The van der Waals surface area contributed by atoms with Crippen molar-refractivity contribution in [3.05, 3.63) is 0 Å². The van der Waals surface area contributed by atoms with Gasteiger partial charge in [0.1, 0.15) is 0 Å². The predicted molar refractivity (Wildman–Crippen MR) is 47.4 cm³/mol. The predicted octanol–water partition coefficient (Wildman–Crippen LogP) is -0.714. The summed E-state index contributed by atoms with van der Waals surface area (Å²) in [4.78, 5) is 1.94. The minimum absolute atomic E-state index is 0.263. The van der Waals surface area contributed by atoms with Gasteiger partial charge in [0.2, 0.25) is 5.96 Å². The average molecular weight is 172 g/mol. The highest BCUT2D eigenvalue weighted by Gasteiger charge is 2.20. The van der Waals surface area contributed by atoms with Gasteiger partial charge in [-0.15, -0.1) is 5.10 Å². The number of likely N-dealkylation sites (tertiary alicyclic amines) is 1. The van der Waals surface area contributed by atoms with Gasteiger partial charge in [-0.1, -0.05) is 0 Å². The number of nitrogens with zero attached hydrogens (tertiary/aromatic N) is 2. The molecule has 0 aromatic rings. The highest BCUT2D eigenvalue weighted by atomic mass is 16.5. The Morgan fingerprint density at radius 1 is 1.67 bits per heavy atom. The second-order valence-electron chi connectivity index (χ2n) is 2.93. The van der Waals surface area contributed by atoms with E-state index in [1.807, 2.05) is 4.90 Å². The maximum absolute atomic E-state index is 5.56. The molecule has 1 aliphatic heterocycles. The van der Waals surface area contributed by atoms with E-state index in [1.165, 1.54) is 0 Å². The van der Waals surface area contributed by atoms with Crippen molar-refractivity contribution in [2.45, 2.75) is 18.9 Å². The lowest BCUT2D eigenvalue weighted by Crippen LogP contribution is -2.46. The quantitative estimate of drug-likeness (QED) is 0.237. The maximum atomic E-state index is 5.56. The summed E-state index contributed by atoms with van der Waals surface area (Å²) >= 11 is 0. The lowest BCUT2D eigenvalue weighted by Gasteiger charge is -2.32. The Balaban J connectivity index is 2.45. The van der Waals surface area contributed by atoms with Crippen molar-refractivity contribution in [3.8, 4) is 0 Å². The number of hydrazone groups is 1. The molecule has 1 fully saturated rings. The molecule has 0 saturated carbocycles. The Morgan fingerprint density at radius 2 is 2.42 bits per heavy atom. The first kappa shape index (κ1) is 9.12. The molecule has 0 spiro atoms. The van der Waals surface area contributed by atoms with Gasteiger partial charge in [0.05, 0.1) is 6.10 Å². The van der Waals surface area contributed by atoms with Crippen LogP contribution >= 0.6 is 0 Å². The van der Waals surface area contributed by atoms with Crippen LogP contribution in [0.1, 0.15) is 12.8 Å². The van der Waals surface area contributed by atoms with Gasteiger partial charge >= 0.3 is 0 Å². The lowest BCUT2D eigenvalue weighted by atomic mass is 10.1.